The minimum atomic E-state index is 0.00167. The topological polar surface area (TPSA) is 21.4 Å². The molecule has 0 unspecified atom stereocenters. The van der Waals surface area contributed by atoms with E-state index in [0.29, 0.717) is 16.8 Å². The zero-order chi connectivity index (χ0) is 12.0. The summed E-state index contributed by atoms with van der Waals surface area (Å²) in [5.74, 6) is 0.00167. The number of fused-ring (bicyclic) bond motifs is 3. The lowest BCUT2D eigenvalue weighted by molar-refractivity contribution is 0.104. The molecule has 2 nitrogen and oxygen atoms in total. The predicted molar refractivity (Wildman–Crippen MR) is 69.3 cm³/mol. The van der Waals surface area contributed by atoms with Crippen molar-refractivity contribution in [3.8, 4) is 11.1 Å². The van der Waals surface area contributed by atoms with Crippen molar-refractivity contribution in [3.05, 3.63) is 63.4 Å². The highest BCUT2D eigenvalue weighted by molar-refractivity contribution is 9.10. The molecule has 0 radical (unpaired) electrons. The van der Waals surface area contributed by atoms with Gasteiger partial charge in [0.05, 0.1) is 6.57 Å². The number of halogens is 1. The zero-order valence-electron chi connectivity index (χ0n) is 8.70. The fourth-order valence-electron chi connectivity index (χ4n) is 2.11. The number of carbonyl (C=O) groups is 1. The Kier molecular flexibility index (Phi) is 2.13. The SMILES string of the molecule is [C-]#[N+]c1ccc2c(c1)C(=O)c1cc(Br)ccc1-2. The summed E-state index contributed by atoms with van der Waals surface area (Å²) in [6, 6.07) is 10.9. The monoisotopic (exact) mass is 283 g/mol. The molecule has 0 spiro atoms. The molecule has 0 saturated heterocycles. The summed E-state index contributed by atoms with van der Waals surface area (Å²) in [5.41, 5.74) is 3.71. The zero-order valence-corrected chi connectivity index (χ0v) is 10.3. The molecule has 0 atom stereocenters. The highest BCUT2D eigenvalue weighted by atomic mass is 79.9. The first-order valence-corrected chi connectivity index (χ1v) is 5.86. The van der Waals surface area contributed by atoms with E-state index in [1.54, 1.807) is 12.1 Å². The fraction of sp³-hybridized carbons (Fsp3) is 0. The van der Waals surface area contributed by atoms with Gasteiger partial charge in [-0.25, -0.2) is 4.85 Å². The molecule has 0 aliphatic heterocycles. The Bertz CT molecular complexity index is 698. The van der Waals surface area contributed by atoms with Gasteiger partial charge in [-0.05, 0) is 29.3 Å². The van der Waals surface area contributed by atoms with Crippen LogP contribution in [0.4, 0.5) is 5.69 Å². The van der Waals surface area contributed by atoms with Gasteiger partial charge in [0.25, 0.3) is 0 Å². The lowest BCUT2D eigenvalue weighted by Crippen LogP contribution is -1.94. The first-order chi connectivity index (χ1) is 8.20. The van der Waals surface area contributed by atoms with Gasteiger partial charge >= 0.3 is 0 Å². The van der Waals surface area contributed by atoms with Crippen LogP contribution in [0.2, 0.25) is 0 Å². The molecule has 80 valence electrons. The molecule has 2 aromatic rings. The van der Waals surface area contributed by atoms with E-state index in [9.17, 15) is 4.79 Å². The Labute approximate surface area is 107 Å². The molecule has 0 N–H and O–H groups in total. The summed E-state index contributed by atoms with van der Waals surface area (Å²) in [6.07, 6.45) is 0. The van der Waals surface area contributed by atoms with Crippen molar-refractivity contribution in [1.29, 1.82) is 0 Å². The summed E-state index contributed by atoms with van der Waals surface area (Å²) >= 11 is 3.36. The van der Waals surface area contributed by atoms with Crippen LogP contribution in [0.25, 0.3) is 16.0 Å². The third-order valence-corrected chi connectivity index (χ3v) is 3.39. The number of hydrogen-bond donors (Lipinski definition) is 0. The molecular formula is C14H6BrNO. The number of ketones is 1. The molecule has 2 aromatic carbocycles. The van der Waals surface area contributed by atoms with Crippen LogP contribution in [0.3, 0.4) is 0 Å². The quantitative estimate of drug-likeness (QED) is 0.566. The number of hydrogen-bond acceptors (Lipinski definition) is 1. The van der Waals surface area contributed by atoms with Crippen LogP contribution in [0.5, 0.6) is 0 Å². The number of nitrogens with zero attached hydrogens (tertiary/aromatic N) is 1. The Morgan fingerprint density at radius 2 is 1.59 bits per heavy atom. The second-order valence-electron chi connectivity index (χ2n) is 3.86. The van der Waals surface area contributed by atoms with E-state index in [-0.39, 0.29) is 5.78 Å². The van der Waals surface area contributed by atoms with E-state index < -0.39 is 0 Å². The molecule has 3 heteroatoms. The minimum Gasteiger partial charge on any atom is -0.289 e. The van der Waals surface area contributed by atoms with Crippen molar-refractivity contribution >= 4 is 27.4 Å². The van der Waals surface area contributed by atoms with Gasteiger partial charge in [-0.15, -0.1) is 0 Å². The lowest BCUT2D eigenvalue weighted by atomic mass is 10.1. The summed E-state index contributed by atoms with van der Waals surface area (Å²) in [7, 11) is 0. The highest BCUT2D eigenvalue weighted by Crippen LogP contribution is 2.39. The van der Waals surface area contributed by atoms with Gasteiger partial charge in [0.2, 0.25) is 0 Å². The molecular weight excluding hydrogens is 278 g/mol. The summed E-state index contributed by atoms with van der Waals surface area (Å²) in [5, 5.41) is 0. The fourth-order valence-corrected chi connectivity index (χ4v) is 2.47. The average molecular weight is 284 g/mol. The molecule has 1 aliphatic carbocycles. The van der Waals surface area contributed by atoms with Crippen molar-refractivity contribution in [1.82, 2.24) is 0 Å². The van der Waals surface area contributed by atoms with Crippen LogP contribution >= 0.6 is 15.9 Å². The minimum absolute atomic E-state index is 0.00167. The van der Waals surface area contributed by atoms with Gasteiger partial charge in [-0.2, -0.15) is 0 Å². The Balaban J connectivity index is 2.31. The van der Waals surface area contributed by atoms with Crippen LogP contribution in [-0.4, -0.2) is 5.78 Å². The van der Waals surface area contributed by atoms with Gasteiger partial charge in [0, 0.05) is 15.6 Å². The van der Waals surface area contributed by atoms with Crippen molar-refractivity contribution in [3.63, 3.8) is 0 Å². The molecule has 0 fully saturated rings. The Hall–Kier alpha value is -1.92. The van der Waals surface area contributed by atoms with Gasteiger partial charge in [0.15, 0.2) is 11.5 Å². The molecule has 0 heterocycles. The van der Waals surface area contributed by atoms with Crippen molar-refractivity contribution in [2.24, 2.45) is 0 Å². The molecule has 17 heavy (non-hydrogen) atoms. The summed E-state index contributed by atoms with van der Waals surface area (Å²) in [4.78, 5) is 15.5. The van der Waals surface area contributed by atoms with Crippen molar-refractivity contribution < 1.29 is 4.79 Å². The highest BCUT2D eigenvalue weighted by Gasteiger charge is 2.26. The summed E-state index contributed by atoms with van der Waals surface area (Å²) in [6.45, 7) is 6.97. The van der Waals surface area contributed by atoms with Crippen LogP contribution in [-0.2, 0) is 0 Å². The van der Waals surface area contributed by atoms with Crippen LogP contribution in [0.15, 0.2) is 40.9 Å². The molecule has 3 rings (SSSR count). The van der Waals surface area contributed by atoms with E-state index in [1.165, 1.54) is 0 Å². The van der Waals surface area contributed by atoms with Gasteiger partial charge in [-0.3, -0.25) is 4.79 Å². The number of rotatable bonds is 0. The molecule has 0 amide bonds. The Morgan fingerprint density at radius 3 is 2.29 bits per heavy atom. The van der Waals surface area contributed by atoms with Crippen LogP contribution in [0, 0.1) is 6.57 Å². The number of carbonyl (C=O) groups excluding carboxylic acids is 1. The number of benzene rings is 2. The van der Waals surface area contributed by atoms with Crippen LogP contribution in [0.1, 0.15) is 15.9 Å². The second kappa shape index (κ2) is 3.54. The lowest BCUT2D eigenvalue weighted by Gasteiger charge is -1.99. The maximum Gasteiger partial charge on any atom is 0.193 e. The van der Waals surface area contributed by atoms with Gasteiger partial charge < -0.3 is 0 Å². The maximum atomic E-state index is 12.2. The van der Waals surface area contributed by atoms with Crippen molar-refractivity contribution in [2.75, 3.05) is 0 Å². The first kappa shape index (κ1) is 10.2. The van der Waals surface area contributed by atoms with E-state index in [1.807, 2.05) is 24.3 Å². The van der Waals surface area contributed by atoms with Crippen LogP contribution < -0.4 is 0 Å². The largest absolute Gasteiger partial charge is 0.289 e. The standard InChI is InChI=1S/C14H6BrNO/c1-16-9-3-5-11-10-4-2-8(15)6-12(10)14(17)13(11)7-9/h2-7H. The first-order valence-electron chi connectivity index (χ1n) is 5.07. The Morgan fingerprint density at radius 1 is 0.941 bits per heavy atom. The van der Waals surface area contributed by atoms with Gasteiger partial charge in [0.1, 0.15) is 0 Å². The maximum absolute atomic E-state index is 12.2. The smallest absolute Gasteiger partial charge is 0.193 e. The third kappa shape index (κ3) is 1.42. The second-order valence-corrected chi connectivity index (χ2v) is 4.78. The average Bonchev–Trinajstić information content (AvgIpc) is 2.62. The molecule has 0 bridgehead atoms. The van der Waals surface area contributed by atoms with E-state index in [0.717, 1.165) is 15.6 Å². The van der Waals surface area contributed by atoms with Crippen molar-refractivity contribution in [2.45, 2.75) is 0 Å². The molecule has 1 aliphatic rings. The third-order valence-electron chi connectivity index (χ3n) is 2.89. The normalized spacial score (nSPS) is 11.9. The molecule has 0 saturated carbocycles. The van der Waals surface area contributed by atoms with E-state index in [2.05, 4.69) is 20.8 Å². The van der Waals surface area contributed by atoms with E-state index >= 15 is 0 Å². The van der Waals surface area contributed by atoms with E-state index in [4.69, 9.17) is 6.57 Å². The predicted octanol–water partition coefficient (Wildman–Crippen LogP) is 4.21. The van der Waals surface area contributed by atoms with Gasteiger partial charge in [-0.1, -0.05) is 34.1 Å². The molecule has 0 aromatic heterocycles. The summed E-state index contributed by atoms with van der Waals surface area (Å²) < 4.78 is 0.891.